The molecule has 4 aromatic rings. The van der Waals surface area contributed by atoms with Crippen LogP contribution in [-0.2, 0) is 4.79 Å². The highest BCUT2D eigenvalue weighted by Crippen LogP contribution is 2.33. The number of pyridine rings is 1. The number of benzene rings is 2. The largest absolute Gasteiger partial charge is 0.480 e. The molecule has 1 fully saturated rings. The number of amides is 1. The van der Waals surface area contributed by atoms with Gasteiger partial charge in [0.2, 0.25) is 11.8 Å². The van der Waals surface area contributed by atoms with Gasteiger partial charge in [0.15, 0.2) is 6.10 Å². The number of ether oxygens (including phenoxy) is 2. The molecule has 0 aliphatic carbocycles. The number of carbonyl (C=O) groups is 2. The number of hydrogen-bond donors (Lipinski definition) is 2. The van der Waals surface area contributed by atoms with Crippen LogP contribution in [-0.4, -0.2) is 56.8 Å². The molecule has 37 heavy (non-hydrogen) atoms. The van der Waals surface area contributed by atoms with Crippen molar-refractivity contribution in [2.75, 3.05) is 18.9 Å². The summed E-state index contributed by atoms with van der Waals surface area (Å²) >= 11 is 0. The number of carbonyl (C=O) groups excluding carboxylic acids is 1. The number of nitrogens with zero attached hydrogens (tertiary/aromatic N) is 4. The van der Waals surface area contributed by atoms with Gasteiger partial charge >= 0.3 is 5.97 Å². The van der Waals surface area contributed by atoms with Gasteiger partial charge < -0.3 is 29.2 Å². The number of carboxylic acid groups (broad SMARTS) is 1. The summed E-state index contributed by atoms with van der Waals surface area (Å²) in [6.07, 6.45) is 1.26. The fourth-order valence-electron chi connectivity index (χ4n) is 3.79. The molecule has 2 aromatic carbocycles. The molecule has 1 saturated heterocycles. The van der Waals surface area contributed by atoms with Crippen LogP contribution in [0.5, 0.6) is 17.2 Å². The molecule has 188 valence electrons. The Bertz CT molecular complexity index is 1430. The van der Waals surface area contributed by atoms with Crippen molar-refractivity contribution in [3.8, 4) is 28.7 Å². The van der Waals surface area contributed by atoms with E-state index in [1.54, 1.807) is 55.3 Å². The number of aryl methyl sites for hydroxylation is 1. The lowest BCUT2D eigenvalue weighted by Crippen LogP contribution is -2.29. The molecule has 5 rings (SSSR count). The van der Waals surface area contributed by atoms with Crippen molar-refractivity contribution in [2.24, 2.45) is 0 Å². The number of aromatic carboxylic acids is 1. The van der Waals surface area contributed by atoms with E-state index in [1.165, 1.54) is 12.3 Å². The first kappa shape index (κ1) is 23.8. The monoisotopic (exact) mass is 501 g/mol. The van der Waals surface area contributed by atoms with Crippen LogP contribution in [0.15, 0.2) is 65.2 Å². The van der Waals surface area contributed by atoms with E-state index in [9.17, 15) is 9.59 Å². The number of likely N-dealkylation sites (N-methyl/N-ethyl adjacent to an activating group) is 1. The lowest BCUT2D eigenvalue weighted by Gasteiger charge is -2.16. The summed E-state index contributed by atoms with van der Waals surface area (Å²) in [4.78, 5) is 29.3. The van der Waals surface area contributed by atoms with Crippen molar-refractivity contribution >= 4 is 23.4 Å². The van der Waals surface area contributed by atoms with Crippen molar-refractivity contribution < 1.29 is 28.6 Å². The van der Waals surface area contributed by atoms with Crippen LogP contribution in [0, 0.1) is 6.92 Å². The van der Waals surface area contributed by atoms with E-state index in [0.717, 1.165) is 5.56 Å². The third kappa shape index (κ3) is 5.50. The smallest absolute Gasteiger partial charge is 0.337 e. The molecule has 1 unspecified atom stereocenters. The van der Waals surface area contributed by atoms with Crippen molar-refractivity contribution in [2.45, 2.75) is 19.4 Å². The second-order valence-corrected chi connectivity index (χ2v) is 8.46. The van der Waals surface area contributed by atoms with Crippen LogP contribution in [0.3, 0.4) is 0 Å². The zero-order valence-corrected chi connectivity index (χ0v) is 20.0. The Morgan fingerprint density at radius 1 is 1.08 bits per heavy atom. The van der Waals surface area contributed by atoms with Crippen LogP contribution in [0.25, 0.3) is 11.5 Å². The maximum atomic E-state index is 12.4. The first-order valence-corrected chi connectivity index (χ1v) is 11.5. The average molecular weight is 501 g/mol. The summed E-state index contributed by atoms with van der Waals surface area (Å²) in [7, 11) is 1.74. The van der Waals surface area contributed by atoms with Crippen LogP contribution >= 0.6 is 0 Å². The van der Waals surface area contributed by atoms with Gasteiger partial charge in [-0.25, -0.2) is 9.78 Å². The van der Waals surface area contributed by atoms with Gasteiger partial charge in [-0.3, -0.25) is 4.79 Å². The Balaban J connectivity index is 1.39. The number of likely N-dealkylation sites (tertiary alicyclic amines) is 1. The average Bonchev–Trinajstić information content (AvgIpc) is 3.45. The Kier molecular flexibility index (Phi) is 6.42. The highest BCUT2D eigenvalue weighted by molar-refractivity contribution is 5.87. The minimum absolute atomic E-state index is 0.0784. The molecule has 0 bridgehead atoms. The molecule has 1 amide bonds. The van der Waals surface area contributed by atoms with Gasteiger partial charge in [0.1, 0.15) is 23.1 Å². The maximum Gasteiger partial charge on any atom is 0.337 e. The Morgan fingerprint density at radius 2 is 1.86 bits per heavy atom. The van der Waals surface area contributed by atoms with Crippen molar-refractivity contribution in [1.82, 2.24) is 20.1 Å². The van der Waals surface area contributed by atoms with Gasteiger partial charge in [0.25, 0.3) is 5.91 Å². The highest BCUT2D eigenvalue weighted by Gasteiger charge is 2.31. The molecule has 11 nitrogen and oxygen atoms in total. The Morgan fingerprint density at radius 3 is 2.49 bits per heavy atom. The first-order chi connectivity index (χ1) is 17.8. The molecule has 0 radical (unpaired) electrons. The number of anilines is 2. The standard InChI is InChI=1S/C26H23N5O6/c1-15-29-30-24(35-15)16-3-6-19(7-4-16)36-20-11-18(28-23-8-5-17(14-27-23)26(33)34)12-21(13-20)37-22-9-10-31(2)25(22)32/h3-8,11-14,22H,9-10H2,1-2H3,(H,27,28)(H,33,34). The summed E-state index contributed by atoms with van der Waals surface area (Å²) < 4.78 is 17.5. The molecule has 1 aliphatic rings. The van der Waals surface area contributed by atoms with E-state index >= 15 is 0 Å². The first-order valence-electron chi connectivity index (χ1n) is 11.5. The fourth-order valence-corrected chi connectivity index (χ4v) is 3.79. The Labute approximate surface area is 211 Å². The number of hydrogen-bond acceptors (Lipinski definition) is 9. The maximum absolute atomic E-state index is 12.4. The van der Waals surface area contributed by atoms with Crippen molar-refractivity contribution in [3.63, 3.8) is 0 Å². The highest BCUT2D eigenvalue weighted by atomic mass is 16.5. The third-order valence-corrected chi connectivity index (χ3v) is 5.68. The van der Waals surface area contributed by atoms with E-state index in [2.05, 4.69) is 20.5 Å². The molecule has 11 heteroatoms. The minimum atomic E-state index is -1.06. The van der Waals surface area contributed by atoms with E-state index in [1.807, 2.05) is 12.1 Å². The van der Waals surface area contributed by atoms with Crippen LogP contribution in [0.1, 0.15) is 22.7 Å². The number of carboxylic acids is 1. The number of nitrogens with one attached hydrogen (secondary N) is 1. The summed E-state index contributed by atoms with van der Waals surface area (Å²) in [5, 5.41) is 20.1. The van der Waals surface area contributed by atoms with Gasteiger partial charge in [0, 0.05) is 62.6 Å². The zero-order valence-electron chi connectivity index (χ0n) is 20.0. The number of rotatable bonds is 8. The second kappa shape index (κ2) is 9.97. The molecular formula is C26H23N5O6. The van der Waals surface area contributed by atoms with Crippen LogP contribution < -0.4 is 14.8 Å². The predicted octanol–water partition coefficient (Wildman–Crippen LogP) is 4.28. The van der Waals surface area contributed by atoms with Crippen LogP contribution in [0.4, 0.5) is 11.5 Å². The molecule has 1 atom stereocenters. The minimum Gasteiger partial charge on any atom is -0.480 e. The summed E-state index contributed by atoms with van der Waals surface area (Å²) in [5.41, 5.74) is 1.42. The van der Waals surface area contributed by atoms with Gasteiger partial charge in [-0.1, -0.05) is 0 Å². The van der Waals surface area contributed by atoms with Crippen LogP contribution in [0.2, 0.25) is 0 Å². The summed E-state index contributed by atoms with van der Waals surface area (Å²) in [6.45, 7) is 2.35. The lowest BCUT2D eigenvalue weighted by atomic mass is 10.2. The van der Waals surface area contributed by atoms with Gasteiger partial charge in [0.05, 0.1) is 5.56 Å². The molecule has 2 N–H and O–H groups in total. The normalized spacial score (nSPS) is 15.0. The van der Waals surface area contributed by atoms with Gasteiger partial charge in [-0.15, -0.1) is 10.2 Å². The molecule has 2 aromatic heterocycles. The van der Waals surface area contributed by atoms with E-state index in [-0.39, 0.29) is 11.5 Å². The zero-order chi connectivity index (χ0) is 25.9. The van der Waals surface area contributed by atoms with E-state index in [4.69, 9.17) is 19.0 Å². The fraction of sp³-hybridized carbons (Fsp3) is 0.192. The summed E-state index contributed by atoms with van der Waals surface area (Å²) in [6, 6.07) is 15.4. The van der Waals surface area contributed by atoms with Crippen molar-refractivity contribution in [3.05, 3.63) is 72.2 Å². The molecular weight excluding hydrogens is 478 g/mol. The Hall–Kier alpha value is -4.93. The van der Waals surface area contributed by atoms with Crippen molar-refractivity contribution in [1.29, 1.82) is 0 Å². The van der Waals surface area contributed by atoms with E-state index in [0.29, 0.717) is 53.5 Å². The SMILES string of the molecule is Cc1nnc(-c2ccc(Oc3cc(Nc4ccc(C(=O)O)cn4)cc(OC4CCN(C)C4=O)c3)cc2)o1. The van der Waals surface area contributed by atoms with Gasteiger partial charge in [-0.05, 0) is 36.4 Å². The molecule has 3 heterocycles. The van der Waals surface area contributed by atoms with Gasteiger partial charge in [-0.2, -0.15) is 0 Å². The molecule has 1 aliphatic heterocycles. The topological polar surface area (TPSA) is 140 Å². The third-order valence-electron chi connectivity index (χ3n) is 5.68. The predicted molar refractivity (Wildman–Crippen MR) is 132 cm³/mol. The second-order valence-electron chi connectivity index (χ2n) is 8.46. The van der Waals surface area contributed by atoms with E-state index < -0.39 is 12.1 Å². The molecule has 0 spiro atoms. The number of aromatic nitrogens is 3. The summed E-state index contributed by atoms with van der Waals surface area (Å²) in [5.74, 6) is 1.64. The lowest BCUT2D eigenvalue weighted by molar-refractivity contribution is -0.132. The molecule has 0 saturated carbocycles. The quantitative estimate of drug-likeness (QED) is 0.359.